The Hall–Kier alpha value is -2.90. The summed E-state index contributed by atoms with van der Waals surface area (Å²) in [6.45, 7) is 3.42. The number of ether oxygens (including phenoxy) is 1. The van der Waals surface area contributed by atoms with Gasteiger partial charge in [-0.3, -0.25) is 4.99 Å². The molecule has 2 heterocycles. The smallest absolute Gasteiger partial charge is 0.134 e. The molecular weight excluding hydrogens is 400 g/mol. The zero-order chi connectivity index (χ0) is 22.7. The summed E-state index contributed by atoms with van der Waals surface area (Å²) in [6.07, 6.45) is 6.41. The highest BCUT2D eigenvalue weighted by Gasteiger charge is 2.36. The molecule has 1 aliphatic carbocycles. The lowest BCUT2D eigenvalue weighted by Gasteiger charge is -2.35. The molecule has 0 amide bonds. The van der Waals surface area contributed by atoms with Crippen LogP contribution in [0.15, 0.2) is 53.2 Å². The molecule has 170 valence electrons. The number of hydrogen-bond acceptors (Lipinski definition) is 6. The van der Waals surface area contributed by atoms with Gasteiger partial charge in [0.1, 0.15) is 17.4 Å². The van der Waals surface area contributed by atoms with Crippen LogP contribution in [0.3, 0.4) is 0 Å². The number of anilines is 2. The number of methoxy groups -OCH3 is 1. The number of hydrogen-bond donors (Lipinski definition) is 2. The molecule has 0 spiro atoms. The summed E-state index contributed by atoms with van der Waals surface area (Å²) in [5.41, 5.74) is 2.11. The van der Waals surface area contributed by atoms with Crippen molar-refractivity contribution in [3.8, 4) is 0 Å². The maximum absolute atomic E-state index is 5.53. The van der Waals surface area contributed by atoms with Crippen LogP contribution in [0.25, 0.3) is 10.8 Å². The predicted molar refractivity (Wildman–Crippen MR) is 134 cm³/mol. The van der Waals surface area contributed by atoms with E-state index in [-0.39, 0.29) is 11.8 Å². The molecule has 0 saturated heterocycles. The zero-order valence-electron chi connectivity index (χ0n) is 19.7. The maximum atomic E-state index is 5.53. The number of aromatic nitrogens is 1. The van der Waals surface area contributed by atoms with E-state index in [4.69, 9.17) is 14.7 Å². The molecule has 0 radical (unpaired) electrons. The first kappa shape index (κ1) is 22.3. The van der Waals surface area contributed by atoms with Gasteiger partial charge in [0.2, 0.25) is 0 Å². The van der Waals surface area contributed by atoms with Crippen LogP contribution in [0.2, 0.25) is 0 Å². The lowest BCUT2D eigenvalue weighted by molar-refractivity contribution is 0.300. The van der Waals surface area contributed by atoms with Gasteiger partial charge >= 0.3 is 0 Å². The number of nitrogens with one attached hydrogen (secondary N) is 2. The summed E-state index contributed by atoms with van der Waals surface area (Å²) in [5.74, 6) is 2.96. The van der Waals surface area contributed by atoms with Gasteiger partial charge in [-0.25, -0.2) is 4.98 Å². The molecule has 2 unspecified atom stereocenters. The largest absolute Gasteiger partial charge is 0.497 e. The summed E-state index contributed by atoms with van der Waals surface area (Å²) in [7, 11) is 10.0. The molecule has 1 aromatic heterocycles. The standard InChI is InChI=1S/C25H34N6O/c1-30(2)14-12-26-24-20-9-7-6-8-18(20)22-23(28-24)19-11-10-17(32-5)16-21(19)25(29-22)27-13-15-31(3)4/h6-11,16,19,21H,12-15H2,1-5H3,(H,26,28)(H,27,29). The monoisotopic (exact) mass is 434 g/mol. The van der Waals surface area contributed by atoms with Crippen molar-refractivity contribution in [1.82, 2.24) is 14.8 Å². The molecule has 0 saturated carbocycles. The summed E-state index contributed by atoms with van der Waals surface area (Å²) in [4.78, 5) is 14.4. The number of amidine groups is 1. The highest BCUT2D eigenvalue weighted by molar-refractivity contribution is 6.11. The first-order chi connectivity index (χ1) is 15.5. The highest BCUT2D eigenvalue weighted by atomic mass is 16.5. The van der Waals surface area contributed by atoms with E-state index in [2.05, 4.69) is 85.0 Å². The lowest BCUT2D eigenvalue weighted by Crippen LogP contribution is -2.35. The molecule has 32 heavy (non-hydrogen) atoms. The van der Waals surface area contributed by atoms with Crippen molar-refractivity contribution < 1.29 is 4.74 Å². The molecule has 1 aliphatic heterocycles. The number of pyridine rings is 1. The second-order valence-corrected chi connectivity index (χ2v) is 8.88. The Bertz CT molecular complexity index is 1060. The number of nitrogens with zero attached hydrogens (tertiary/aromatic N) is 4. The minimum Gasteiger partial charge on any atom is -0.497 e. The summed E-state index contributed by atoms with van der Waals surface area (Å²) in [5, 5.41) is 9.51. The SMILES string of the molecule is COC1=CC2C(=NCCN(C)C)Nc3c(nc(NCCN(C)C)c4ccccc34)C2C=C1. The van der Waals surface area contributed by atoms with Crippen molar-refractivity contribution in [2.75, 3.05) is 72.1 Å². The van der Waals surface area contributed by atoms with Gasteiger partial charge in [0.05, 0.1) is 31.0 Å². The minimum atomic E-state index is 0.0768. The lowest BCUT2D eigenvalue weighted by atomic mass is 9.80. The van der Waals surface area contributed by atoms with Gasteiger partial charge in [0, 0.05) is 36.3 Å². The van der Waals surface area contributed by atoms with E-state index in [0.29, 0.717) is 0 Å². The third kappa shape index (κ3) is 4.64. The van der Waals surface area contributed by atoms with Crippen LogP contribution >= 0.6 is 0 Å². The van der Waals surface area contributed by atoms with Gasteiger partial charge < -0.3 is 25.2 Å². The zero-order valence-corrected chi connectivity index (χ0v) is 19.7. The van der Waals surface area contributed by atoms with Gasteiger partial charge in [-0.1, -0.05) is 30.3 Å². The highest BCUT2D eigenvalue weighted by Crippen LogP contribution is 2.44. The predicted octanol–water partition coefficient (Wildman–Crippen LogP) is 3.39. The van der Waals surface area contributed by atoms with Crippen LogP contribution in [0.1, 0.15) is 11.6 Å². The van der Waals surface area contributed by atoms with Crippen molar-refractivity contribution in [2.45, 2.75) is 5.92 Å². The van der Waals surface area contributed by atoms with E-state index in [1.807, 2.05) is 6.08 Å². The topological polar surface area (TPSA) is 65.0 Å². The van der Waals surface area contributed by atoms with E-state index in [1.54, 1.807) is 7.11 Å². The van der Waals surface area contributed by atoms with Crippen molar-refractivity contribution in [3.05, 3.63) is 53.9 Å². The molecule has 1 aromatic carbocycles. The van der Waals surface area contributed by atoms with Crippen molar-refractivity contribution in [2.24, 2.45) is 10.9 Å². The number of rotatable bonds is 8. The fourth-order valence-electron chi connectivity index (χ4n) is 4.21. The average molecular weight is 435 g/mol. The Morgan fingerprint density at radius 3 is 2.53 bits per heavy atom. The van der Waals surface area contributed by atoms with Crippen LogP contribution in [0.5, 0.6) is 0 Å². The number of fused-ring (bicyclic) bond motifs is 5. The Morgan fingerprint density at radius 2 is 1.81 bits per heavy atom. The summed E-state index contributed by atoms with van der Waals surface area (Å²) in [6, 6.07) is 8.46. The van der Waals surface area contributed by atoms with Crippen LogP contribution in [0, 0.1) is 5.92 Å². The van der Waals surface area contributed by atoms with Crippen LogP contribution in [-0.2, 0) is 4.74 Å². The maximum Gasteiger partial charge on any atom is 0.134 e. The number of benzene rings is 1. The molecule has 4 rings (SSSR count). The Kier molecular flexibility index (Phi) is 6.77. The fraction of sp³-hybridized carbons (Fsp3) is 0.440. The molecule has 7 nitrogen and oxygen atoms in total. The van der Waals surface area contributed by atoms with Gasteiger partial charge in [-0.05, 0) is 40.3 Å². The van der Waals surface area contributed by atoms with Crippen molar-refractivity contribution in [1.29, 1.82) is 0 Å². The molecule has 2 N–H and O–H groups in total. The van der Waals surface area contributed by atoms with E-state index >= 15 is 0 Å². The fourth-order valence-corrected chi connectivity index (χ4v) is 4.21. The Labute approximate surface area is 190 Å². The number of aliphatic imine (C=N–C) groups is 1. The third-order valence-corrected chi connectivity index (χ3v) is 5.94. The van der Waals surface area contributed by atoms with Gasteiger partial charge in [-0.15, -0.1) is 0 Å². The van der Waals surface area contributed by atoms with Gasteiger partial charge in [0.25, 0.3) is 0 Å². The molecule has 2 aromatic rings. The van der Waals surface area contributed by atoms with E-state index < -0.39 is 0 Å². The first-order valence-corrected chi connectivity index (χ1v) is 11.2. The second kappa shape index (κ2) is 9.71. The van der Waals surface area contributed by atoms with E-state index in [0.717, 1.165) is 60.4 Å². The molecule has 0 bridgehead atoms. The number of likely N-dealkylation sites (N-methyl/N-ethyl adjacent to an activating group) is 2. The Morgan fingerprint density at radius 1 is 1.06 bits per heavy atom. The van der Waals surface area contributed by atoms with E-state index in [9.17, 15) is 0 Å². The normalized spacial score (nSPS) is 20.8. The first-order valence-electron chi connectivity index (χ1n) is 11.2. The second-order valence-electron chi connectivity index (χ2n) is 8.88. The third-order valence-electron chi connectivity index (χ3n) is 5.94. The molecule has 2 aliphatic rings. The van der Waals surface area contributed by atoms with Crippen LogP contribution < -0.4 is 10.6 Å². The van der Waals surface area contributed by atoms with Crippen molar-refractivity contribution >= 4 is 28.1 Å². The minimum absolute atomic E-state index is 0.0768. The molecular formula is C25H34N6O. The van der Waals surface area contributed by atoms with Gasteiger partial charge in [0.15, 0.2) is 0 Å². The molecule has 0 fully saturated rings. The summed E-state index contributed by atoms with van der Waals surface area (Å²) >= 11 is 0. The molecule has 2 atom stereocenters. The van der Waals surface area contributed by atoms with E-state index in [1.165, 1.54) is 5.39 Å². The Balaban J connectivity index is 1.78. The summed E-state index contributed by atoms with van der Waals surface area (Å²) < 4.78 is 5.53. The molecule has 7 heteroatoms. The number of allylic oxidation sites excluding steroid dienone is 2. The van der Waals surface area contributed by atoms with Crippen LogP contribution in [-0.4, -0.2) is 82.1 Å². The van der Waals surface area contributed by atoms with Crippen molar-refractivity contribution in [3.63, 3.8) is 0 Å². The van der Waals surface area contributed by atoms with Crippen LogP contribution in [0.4, 0.5) is 11.5 Å². The quantitative estimate of drug-likeness (QED) is 0.664. The van der Waals surface area contributed by atoms with Gasteiger partial charge in [-0.2, -0.15) is 0 Å². The average Bonchev–Trinajstić information content (AvgIpc) is 2.78.